The van der Waals surface area contributed by atoms with Crippen LogP contribution >= 0.6 is 23.2 Å². The van der Waals surface area contributed by atoms with Crippen molar-refractivity contribution in [3.63, 3.8) is 0 Å². The molecule has 0 saturated heterocycles. The molecule has 0 amide bonds. The Morgan fingerprint density at radius 3 is 2.62 bits per heavy atom. The maximum atomic E-state index is 6.23. The smallest absolute Gasteiger partial charge is 0.238 e. The molecule has 0 fully saturated rings. The molecule has 2 aromatic rings. The number of halogens is 2. The van der Waals surface area contributed by atoms with E-state index in [4.69, 9.17) is 27.9 Å². The quantitative estimate of drug-likeness (QED) is 0.841. The van der Waals surface area contributed by atoms with Gasteiger partial charge in [0.2, 0.25) is 5.88 Å². The lowest BCUT2D eigenvalue weighted by Crippen LogP contribution is -2.21. The van der Waals surface area contributed by atoms with Crippen LogP contribution in [0.5, 0.6) is 11.6 Å². The van der Waals surface area contributed by atoms with Crippen LogP contribution in [-0.4, -0.2) is 11.0 Å². The van der Waals surface area contributed by atoms with Crippen molar-refractivity contribution in [2.45, 2.75) is 33.4 Å². The van der Waals surface area contributed by atoms with Gasteiger partial charge in [-0.15, -0.1) is 0 Å². The molecule has 0 bridgehead atoms. The van der Waals surface area contributed by atoms with Gasteiger partial charge in [-0.05, 0) is 36.2 Å². The average molecular weight is 325 g/mol. The molecule has 0 radical (unpaired) electrons. The van der Waals surface area contributed by atoms with Crippen molar-refractivity contribution >= 4 is 23.2 Å². The molecule has 1 N–H and O–H groups in total. The summed E-state index contributed by atoms with van der Waals surface area (Å²) >= 11 is 12.3. The van der Waals surface area contributed by atoms with Crippen molar-refractivity contribution in [2.24, 2.45) is 0 Å². The predicted molar refractivity (Wildman–Crippen MR) is 87.5 cm³/mol. The maximum Gasteiger partial charge on any atom is 0.238 e. The molecular formula is C16H18Cl2N2O. The molecule has 0 spiro atoms. The minimum Gasteiger partial charge on any atom is -0.436 e. The van der Waals surface area contributed by atoms with Gasteiger partial charge in [-0.2, -0.15) is 0 Å². The zero-order valence-corrected chi connectivity index (χ0v) is 13.8. The van der Waals surface area contributed by atoms with E-state index in [1.807, 2.05) is 25.1 Å². The van der Waals surface area contributed by atoms with Crippen LogP contribution in [0.3, 0.4) is 0 Å². The molecule has 2 rings (SSSR count). The van der Waals surface area contributed by atoms with Crippen LogP contribution in [0.15, 0.2) is 30.5 Å². The van der Waals surface area contributed by atoms with Gasteiger partial charge >= 0.3 is 0 Å². The first-order chi connectivity index (χ1) is 9.95. The third kappa shape index (κ3) is 4.60. The van der Waals surface area contributed by atoms with Gasteiger partial charge in [0.1, 0.15) is 10.8 Å². The molecule has 3 nitrogen and oxygen atoms in total. The molecule has 112 valence electrons. The van der Waals surface area contributed by atoms with E-state index in [1.165, 1.54) is 0 Å². The lowest BCUT2D eigenvalue weighted by Gasteiger charge is -2.11. The Kier molecular flexibility index (Phi) is 5.45. The predicted octanol–water partition coefficient (Wildman–Crippen LogP) is 4.99. The number of hydrogen-bond donors (Lipinski definition) is 1. The number of benzene rings is 1. The molecule has 1 aromatic carbocycles. The van der Waals surface area contributed by atoms with Gasteiger partial charge in [0, 0.05) is 18.8 Å². The normalized spacial score (nSPS) is 11.0. The highest BCUT2D eigenvalue weighted by molar-refractivity contribution is 6.32. The Balaban J connectivity index is 2.15. The number of pyridine rings is 1. The number of hydrogen-bond acceptors (Lipinski definition) is 3. The summed E-state index contributed by atoms with van der Waals surface area (Å²) in [6.45, 7) is 6.87. The van der Waals surface area contributed by atoms with Gasteiger partial charge in [-0.3, -0.25) is 0 Å². The summed E-state index contributed by atoms with van der Waals surface area (Å²) in [5.41, 5.74) is 2.07. The number of nitrogens with zero attached hydrogens (tertiary/aromatic N) is 1. The van der Waals surface area contributed by atoms with Crippen LogP contribution in [0.1, 0.15) is 25.0 Å². The fraction of sp³-hybridized carbons (Fsp3) is 0.312. The van der Waals surface area contributed by atoms with E-state index in [-0.39, 0.29) is 0 Å². The number of aromatic nitrogens is 1. The van der Waals surface area contributed by atoms with Crippen LogP contribution in [0.4, 0.5) is 0 Å². The first kappa shape index (κ1) is 16.1. The molecule has 0 aliphatic rings. The highest BCUT2D eigenvalue weighted by Crippen LogP contribution is 2.32. The molecule has 0 aliphatic carbocycles. The Labute approximate surface area is 135 Å². The molecule has 0 aliphatic heterocycles. The van der Waals surface area contributed by atoms with Gasteiger partial charge in [0.15, 0.2) is 0 Å². The van der Waals surface area contributed by atoms with Crippen molar-refractivity contribution in [1.82, 2.24) is 10.3 Å². The maximum absolute atomic E-state index is 6.23. The highest BCUT2D eigenvalue weighted by Gasteiger charge is 2.09. The molecule has 0 atom stereocenters. The van der Waals surface area contributed by atoms with Gasteiger partial charge in [-0.25, -0.2) is 4.98 Å². The van der Waals surface area contributed by atoms with Crippen molar-refractivity contribution < 1.29 is 4.74 Å². The van der Waals surface area contributed by atoms with Crippen molar-refractivity contribution in [3.05, 3.63) is 51.6 Å². The van der Waals surface area contributed by atoms with Gasteiger partial charge in [-0.1, -0.05) is 43.1 Å². The topological polar surface area (TPSA) is 34.1 Å². The molecule has 0 unspecified atom stereocenters. The van der Waals surface area contributed by atoms with E-state index in [1.54, 1.807) is 12.3 Å². The zero-order valence-electron chi connectivity index (χ0n) is 12.3. The number of rotatable bonds is 5. The summed E-state index contributed by atoms with van der Waals surface area (Å²) in [6, 6.07) is 7.83. The molecule has 1 heterocycles. The lowest BCUT2D eigenvalue weighted by molar-refractivity contribution is 0.462. The highest BCUT2D eigenvalue weighted by atomic mass is 35.5. The standard InChI is InChI=1S/C16H18Cl2N2O/c1-10(2)19-8-12-7-14(18)16(20-9-12)21-15-6-11(3)4-5-13(15)17/h4-7,9-10,19H,8H2,1-3H3. The SMILES string of the molecule is Cc1ccc(Cl)c(Oc2ncc(CNC(C)C)cc2Cl)c1. The van der Waals surface area contributed by atoms with E-state index in [9.17, 15) is 0 Å². The monoisotopic (exact) mass is 324 g/mol. The summed E-state index contributed by atoms with van der Waals surface area (Å²) in [5.74, 6) is 0.914. The van der Waals surface area contributed by atoms with Crippen molar-refractivity contribution in [1.29, 1.82) is 0 Å². The van der Waals surface area contributed by atoms with Crippen molar-refractivity contribution in [2.75, 3.05) is 0 Å². The zero-order chi connectivity index (χ0) is 15.4. The largest absolute Gasteiger partial charge is 0.436 e. The molecule has 0 saturated carbocycles. The average Bonchev–Trinajstić information content (AvgIpc) is 2.43. The second-order valence-corrected chi connectivity index (χ2v) is 6.02. The summed E-state index contributed by atoms with van der Waals surface area (Å²) in [7, 11) is 0. The van der Waals surface area contributed by atoms with Gasteiger partial charge < -0.3 is 10.1 Å². The van der Waals surface area contributed by atoms with Crippen molar-refractivity contribution in [3.8, 4) is 11.6 Å². The first-order valence-corrected chi connectivity index (χ1v) is 7.53. The Morgan fingerprint density at radius 1 is 1.19 bits per heavy atom. The minimum atomic E-state index is 0.359. The number of nitrogens with one attached hydrogen (secondary N) is 1. The third-order valence-electron chi connectivity index (χ3n) is 2.87. The number of aryl methyl sites for hydroxylation is 1. The third-order valence-corrected chi connectivity index (χ3v) is 3.45. The lowest BCUT2D eigenvalue weighted by atomic mass is 10.2. The fourth-order valence-corrected chi connectivity index (χ4v) is 2.14. The fourth-order valence-electron chi connectivity index (χ4n) is 1.75. The molecular weight excluding hydrogens is 307 g/mol. The second kappa shape index (κ2) is 7.12. The molecule has 5 heteroatoms. The van der Waals surface area contributed by atoms with E-state index < -0.39 is 0 Å². The minimum absolute atomic E-state index is 0.359. The Bertz CT molecular complexity index is 630. The van der Waals surface area contributed by atoms with E-state index >= 15 is 0 Å². The molecule has 1 aromatic heterocycles. The first-order valence-electron chi connectivity index (χ1n) is 6.77. The van der Waals surface area contributed by atoms with E-state index in [0.717, 1.165) is 17.7 Å². The second-order valence-electron chi connectivity index (χ2n) is 5.20. The van der Waals surface area contributed by atoms with E-state index in [2.05, 4.69) is 24.1 Å². The van der Waals surface area contributed by atoms with Crippen LogP contribution in [0.2, 0.25) is 10.0 Å². The van der Waals surface area contributed by atoms with Crippen LogP contribution < -0.4 is 10.1 Å². The summed E-state index contributed by atoms with van der Waals surface area (Å²) in [5, 5.41) is 4.31. The Morgan fingerprint density at radius 2 is 1.95 bits per heavy atom. The van der Waals surface area contributed by atoms with Crippen LogP contribution in [-0.2, 0) is 6.54 Å². The Hall–Kier alpha value is -1.29. The van der Waals surface area contributed by atoms with E-state index in [0.29, 0.717) is 27.7 Å². The van der Waals surface area contributed by atoms with Gasteiger partial charge in [0.05, 0.1) is 5.02 Å². The summed E-state index contributed by atoms with van der Waals surface area (Å²) in [6.07, 6.45) is 1.75. The number of ether oxygens (including phenoxy) is 1. The van der Waals surface area contributed by atoms with Crippen LogP contribution in [0, 0.1) is 6.92 Å². The van der Waals surface area contributed by atoms with Crippen LogP contribution in [0.25, 0.3) is 0 Å². The summed E-state index contributed by atoms with van der Waals surface area (Å²) in [4.78, 5) is 4.27. The summed E-state index contributed by atoms with van der Waals surface area (Å²) < 4.78 is 5.71. The van der Waals surface area contributed by atoms with Gasteiger partial charge in [0.25, 0.3) is 0 Å². The molecule has 21 heavy (non-hydrogen) atoms.